The topological polar surface area (TPSA) is 94.3 Å². The largest absolute Gasteiger partial charge is 0.493 e. The Hall–Kier alpha value is -3.23. The number of aromatic nitrogens is 4. The van der Waals surface area contributed by atoms with Gasteiger partial charge < -0.3 is 14.6 Å². The molecular weight excluding hydrogens is 420 g/mol. The third-order valence-electron chi connectivity index (χ3n) is 5.43. The van der Waals surface area contributed by atoms with Crippen molar-refractivity contribution in [3.63, 3.8) is 0 Å². The molecule has 2 N–H and O–H groups in total. The smallest absolute Gasteiger partial charge is 0.285 e. The maximum atomic E-state index is 13.0. The van der Waals surface area contributed by atoms with Gasteiger partial charge in [-0.25, -0.2) is 0 Å². The van der Waals surface area contributed by atoms with Crippen molar-refractivity contribution in [2.45, 2.75) is 18.9 Å². The van der Waals surface area contributed by atoms with Crippen LogP contribution >= 0.6 is 11.6 Å². The average molecular weight is 441 g/mol. The Balaban J connectivity index is 1.42. The zero-order valence-electron chi connectivity index (χ0n) is 16.8. The first-order chi connectivity index (χ1) is 15.0. The molecule has 0 spiro atoms. The van der Waals surface area contributed by atoms with Gasteiger partial charge in [-0.3, -0.25) is 14.5 Å². The summed E-state index contributed by atoms with van der Waals surface area (Å²) in [4.78, 5) is 14.5. The van der Waals surface area contributed by atoms with Crippen LogP contribution in [0.1, 0.15) is 12.8 Å². The van der Waals surface area contributed by atoms with Gasteiger partial charge >= 0.3 is 0 Å². The van der Waals surface area contributed by atoms with Gasteiger partial charge in [0.25, 0.3) is 5.56 Å². The van der Waals surface area contributed by atoms with Crippen LogP contribution in [0.25, 0.3) is 22.8 Å². The minimum absolute atomic E-state index is 0.217. The molecule has 5 rings (SSSR count). The molecule has 31 heavy (non-hydrogen) atoms. The van der Waals surface area contributed by atoms with E-state index in [-0.39, 0.29) is 12.2 Å². The predicted octanol–water partition coefficient (Wildman–Crippen LogP) is 3.27. The number of aliphatic hydroxyl groups excluding tert-OH is 1. The summed E-state index contributed by atoms with van der Waals surface area (Å²) in [5.41, 5.74) is 2.07. The molecule has 2 heterocycles. The Morgan fingerprint density at radius 2 is 1.94 bits per heavy atom. The van der Waals surface area contributed by atoms with E-state index < -0.39 is 6.10 Å². The Morgan fingerprint density at radius 1 is 1.19 bits per heavy atom. The second-order valence-corrected chi connectivity index (χ2v) is 8.05. The fraction of sp³-hybridized carbons (Fsp3) is 0.273. The molecule has 1 atom stereocenters. The summed E-state index contributed by atoms with van der Waals surface area (Å²) >= 11 is 5.93. The highest BCUT2D eigenvalue weighted by Crippen LogP contribution is 2.34. The van der Waals surface area contributed by atoms with Crippen LogP contribution in [0.5, 0.6) is 11.5 Å². The standard InChI is InChI=1S/C22H21ClN4O4/c1-30-20-10-16(8-9-19(20)31-12-18(28)13-2-3-13)26-11-17-21(22(26)29)25-27(24-17)15-6-4-14(23)5-7-15/h4-11,13,18,24,28H,2-3,12H2,1H3. The van der Waals surface area contributed by atoms with Gasteiger partial charge in [0.2, 0.25) is 0 Å². The highest BCUT2D eigenvalue weighted by molar-refractivity contribution is 6.30. The summed E-state index contributed by atoms with van der Waals surface area (Å²) < 4.78 is 12.7. The highest BCUT2D eigenvalue weighted by Gasteiger charge is 2.30. The summed E-state index contributed by atoms with van der Waals surface area (Å²) in [5.74, 6) is 1.34. The van der Waals surface area contributed by atoms with E-state index in [0.29, 0.717) is 39.5 Å². The minimum Gasteiger partial charge on any atom is -0.493 e. The molecule has 9 heteroatoms. The predicted molar refractivity (Wildman–Crippen MR) is 116 cm³/mol. The third kappa shape index (κ3) is 3.80. The summed E-state index contributed by atoms with van der Waals surface area (Å²) in [7, 11) is 1.54. The first-order valence-corrected chi connectivity index (χ1v) is 10.4. The molecule has 2 aliphatic heterocycles. The SMILES string of the molecule is COc1cc(-n2cc3[nH]n(-c4ccc(Cl)cc4)nc-3c2=O)ccc1OCC(O)C1CC1. The van der Waals surface area contributed by atoms with Crippen LogP contribution in [0, 0.1) is 5.92 Å². The van der Waals surface area contributed by atoms with Gasteiger partial charge in [-0.05, 0) is 55.2 Å². The van der Waals surface area contributed by atoms with Crippen LogP contribution in [0.4, 0.5) is 0 Å². The summed E-state index contributed by atoms with van der Waals surface area (Å²) in [6, 6.07) is 12.4. The van der Waals surface area contributed by atoms with Crippen molar-refractivity contribution in [1.82, 2.24) is 19.6 Å². The van der Waals surface area contributed by atoms with Crippen molar-refractivity contribution in [3.8, 4) is 34.3 Å². The lowest BCUT2D eigenvalue weighted by Gasteiger charge is -2.15. The summed E-state index contributed by atoms with van der Waals surface area (Å²) in [6.07, 6.45) is 3.31. The van der Waals surface area contributed by atoms with Crippen LogP contribution in [0.15, 0.2) is 53.5 Å². The molecule has 2 aromatic carbocycles. The number of methoxy groups -OCH3 is 1. The van der Waals surface area contributed by atoms with Crippen molar-refractivity contribution < 1.29 is 14.6 Å². The lowest BCUT2D eigenvalue weighted by atomic mass is 10.2. The number of ether oxygens (including phenoxy) is 2. The van der Waals surface area contributed by atoms with E-state index in [9.17, 15) is 9.90 Å². The van der Waals surface area contributed by atoms with Gasteiger partial charge in [0.1, 0.15) is 12.3 Å². The number of rotatable bonds is 7. The number of hydrogen-bond acceptors (Lipinski definition) is 5. The fourth-order valence-electron chi connectivity index (χ4n) is 3.51. The summed E-state index contributed by atoms with van der Waals surface area (Å²) in [5, 5.41) is 18.2. The van der Waals surface area contributed by atoms with Crippen molar-refractivity contribution in [3.05, 3.63) is 64.0 Å². The van der Waals surface area contributed by atoms with Gasteiger partial charge in [0, 0.05) is 17.3 Å². The second kappa shape index (κ2) is 7.79. The van der Waals surface area contributed by atoms with Gasteiger partial charge in [0.15, 0.2) is 17.2 Å². The molecule has 0 radical (unpaired) electrons. The number of nitrogens with zero attached hydrogens (tertiary/aromatic N) is 3. The number of fused-ring (bicyclic) bond motifs is 1. The molecule has 2 aromatic rings. The zero-order valence-corrected chi connectivity index (χ0v) is 17.5. The monoisotopic (exact) mass is 440 g/mol. The van der Waals surface area contributed by atoms with Crippen molar-refractivity contribution in [2.24, 2.45) is 5.92 Å². The minimum atomic E-state index is -0.471. The Morgan fingerprint density at radius 3 is 2.61 bits per heavy atom. The van der Waals surface area contributed by atoms with Crippen molar-refractivity contribution >= 4 is 11.6 Å². The molecule has 8 nitrogen and oxygen atoms in total. The Bertz CT molecular complexity index is 1240. The molecule has 3 aliphatic rings. The third-order valence-corrected chi connectivity index (χ3v) is 5.69. The number of halogens is 1. The number of aliphatic hydroxyl groups is 1. The van der Waals surface area contributed by atoms with Crippen LogP contribution in [0.3, 0.4) is 0 Å². The molecule has 160 valence electrons. The van der Waals surface area contributed by atoms with Gasteiger partial charge in [-0.15, -0.1) is 5.10 Å². The van der Waals surface area contributed by atoms with E-state index in [2.05, 4.69) is 10.2 Å². The van der Waals surface area contributed by atoms with E-state index in [1.165, 1.54) is 16.5 Å². The number of hydrogen-bond donors (Lipinski definition) is 2. The molecule has 1 unspecified atom stereocenters. The maximum absolute atomic E-state index is 13.0. The van der Waals surface area contributed by atoms with Gasteiger partial charge in [0.05, 0.1) is 24.6 Å². The number of nitrogens with one attached hydrogen (secondary N) is 1. The first kappa shape index (κ1) is 19.7. The fourth-order valence-corrected chi connectivity index (χ4v) is 3.64. The van der Waals surface area contributed by atoms with E-state index >= 15 is 0 Å². The van der Waals surface area contributed by atoms with E-state index in [1.807, 2.05) is 12.1 Å². The Labute approximate surface area is 182 Å². The first-order valence-electron chi connectivity index (χ1n) is 9.99. The van der Waals surface area contributed by atoms with Gasteiger partial charge in [-0.1, -0.05) is 11.6 Å². The van der Waals surface area contributed by atoms with Crippen molar-refractivity contribution in [1.29, 1.82) is 0 Å². The van der Waals surface area contributed by atoms with Crippen LogP contribution in [0.2, 0.25) is 5.02 Å². The van der Waals surface area contributed by atoms with E-state index in [1.54, 1.807) is 36.5 Å². The van der Waals surface area contributed by atoms with Crippen LogP contribution in [-0.2, 0) is 0 Å². The number of H-pyrrole nitrogens is 1. The molecule has 0 amide bonds. The van der Waals surface area contributed by atoms with E-state index in [0.717, 1.165) is 18.5 Å². The highest BCUT2D eigenvalue weighted by atomic mass is 35.5. The van der Waals surface area contributed by atoms with Crippen LogP contribution in [-0.4, -0.2) is 44.5 Å². The normalized spacial score (nSPS) is 14.7. The van der Waals surface area contributed by atoms with Crippen molar-refractivity contribution in [2.75, 3.05) is 13.7 Å². The summed E-state index contributed by atoms with van der Waals surface area (Å²) in [6.45, 7) is 0.217. The second-order valence-electron chi connectivity index (χ2n) is 7.62. The lowest BCUT2D eigenvalue weighted by Crippen LogP contribution is -2.19. The zero-order chi connectivity index (χ0) is 21.5. The van der Waals surface area contributed by atoms with E-state index in [4.69, 9.17) is 21.1 Å². The quantitative estimate of drug-likeness (QED) is 0.460. The Kier molecular flexibility index (Phi) is 4.95. The maximum Gasteiger partial charge on any atom is 0.285 e. The van der Waals surface area contributed by atoms with Crippen LogP contribution < -0.4 is 15.0 Å². The molecule has 0 saturated heterocycles. The molecule has 0 aromatic heterocycles. The molecule has 1 aliphatic carbocycles. The molecule has 1 saturated carbocycles. The average Bonchev–Trinajstić information content (AvgIpc) is 3.48. The number of benzene rings is 2. The molecule has 1 fully saturated rings. The number of aromatic amines is 1. The van der Waals surface area contributed by atoms with Gasteiger partial charge in [-0.2, -0.15) is 4.80 Å². The lowest BCUT2D eigenvalue weighted by molar-refractivity contribution is 0.0880. The molecule has 0 bridgehead atoms. The molecular formula is C22H21ClN4O4.